The van der Waals surface area contributed by atoms with Gasteiger partial charge in [-0.15, -0.1) is 0 Å². The average Bonchev–Trinajstić information content (AvgIpc) is 2.65. The third-order valence-electron chi connectivity index (χ3n) is 5.42. The molecule has 0 unspecified atom stereocenters. The third-order valence-corrected chi connectivity index (χ3v) is 5.42. The molecular formula is C23H29N3O2. The van der Waals surface area contributed by atoms with Gasteiger partial charge in [-0.2, -0.15) is 0 Å². The highest BCUT2D eigenvalue weighted by Crippen LogP contribution is 2.23. The summed E-state index contributed by atoms with van der Waals surface area (Å²) >= 11 is 0. The Morgan fingerprint density at radius 1 is 1.14 bits per heavy atom. The van der Waals surface area contributed by atoms with Crippen LogP contribution in [0.2, 0.25) is 0 Å². The fraction of sp³-hybridized carbons (Fsp3) is 0.391. The number of piperidine rings is 1. The van der Waals surface area contributed by atoms with Gasteiger partial charge in [0.15, 0.2) is 0 Å². The molecule has 2 aromatic carbocycles. The summed E-state index contributed by atoms with van der Waals surface area (Å²) in [5.41, 5.74) is 11.4. The Kier molecular flexibility index (Phi) is 6.15. The molecule has 2 amide bonds. The first kappa shape index (κ1) is 20.1. The second-order valence-electron chi connectivity index (χ2n) is 7.90. The normalized spacial score (nSPS) is 17.3. The van der Waals surface area contributed by atoms with Crippen LogP contribution in [0.4, 0.5) is 5.69 Å². The van der Waals surface area contributed by atoms with E-state index in [0.717, 1.165) is 41.8 Å². The van der Waals surface area contributed by atoms with Crippen LogP contribution in [0.3, 0.4) is 0 Å². The van der Waals surface area contributed by atoms with E-state index in [4.69, 9.17) is 5.73 Å². The van der Waals surface area contributed by atoms with Crippen LogP contribution in [0.15, 0.2) is 36.4 Å². The van der Waals surface area contributed by atoms with Gasteiger partial charge in [0.25, 0.3) is 5.91 Å². The highest BCUT2D eigenvalue weighted by molar-refractivity contribution is 6.05. The highest BCUT2D eigenvalue weighted by Gasteiger charge is 2.24. The maximum Gasteiger partial charge on any atom is 0.255 e. The quantitative estimate of drug-likeness (QED) is 0.834. The average molecular weight is 380 g/mol. The molecule has 1 saturated heterocycles. The van der Waals surface area contributed by atoms with Crippen molar-refractivity contribution >= 4 is 17.5 Å². The third kappa shape index (κ3) is 4.78. The maximum absolute atomic E-state index is 12.8. The maximum atomic E-state index is 12.8. The minimum absolute atomic E-state index is 0.0762. The standard InChI is InChI=1S/C23H29N3O2/c1-15-10-16(2)21(17(3)11-15)25-23(28)19-7-4-6-18(12-19)13-26-9-5-8-20(14-26)22(24)27/h4,6-7,10-12,20H,5,8-9,13-14H2,1-3H3,(H2,24,27)(H,25,28)/t20-/m0/s1. The van der Waals surface area contributed by atoms with Gasteiger partial charge in [-0.3, -0.25) is 14.5 Å². The number of benzene rings is 2. The van der Waals surface area contributed by atoms with Gasteiger partial charge in [0, 0.05) is 24.3 Å². The Balaban J connectivity index is 1.71. The number of carbonyl (C=O) groups excluding carboxylic acids is 2. The predicted octanol–water partition coefficient (Wildman–Crippen LogP) is 3.56. The minimum atomic E-state index is -0.221. The number of primary amides is 1. The molecule has 148 valence electrons. The van der Waals surface area contributed by atoms with Gasteiger partial charge in [0.05, 0.1) is 5.92 Å². The van der Waals surface area contributed by atoms with Gasteiger partial charge in [-0.05, 0) is 69.0 Å². The smallest absolute Gasteiger partial charge is 0.255 e. The number of hydrogen-bond acceptors (Lipinski definition) is 3. The van der Waals surface area contributed by atoms with Crippen LogP contribution in [-0.2, 0) is 11.3 Å². The van der Waals surface area contributed by atoms with Crippen molar-refractivity contribution in [1.29, 1.82) is 0 Å². The van der Waals surface area contributed by atoms with Crippen LogP contribution in [0.5, 0.6) is 0 Å². The number of amides is 2. The van der Waals surface area contributed by atoms with Crippen molar-refractivity contribution in [2.24, 2.45) is 11.7 Å². The number of anilines is 1. The molecule has 28 heavy (non-hydrogen) atoms. The minimum Gasteiger partial charge on any atom is -0.369 e. The number of nitrogens with one attached hydrogen (secondary N) is 1. The summed E-state index contributed by atoms with van der Waals surface area (Å²) in [5.74, 6) is -0.403. The SMILES string of the molecule is Cc1cc(C)c(NC(=O)c2cccc(CN3CCC[C@H](C(N)=O)C3)c2)c(C)c1. The first-order valence-electron chi connectivity index (χ1n) is 9.83. The van der Waals surface area contributed by atoms with Gasteiger partial charge >= 0.3 is 0 Å². The van der Waals surface area contributed by atoms with Crippen molar-refractivity contribution in [3.8, 4) is 0 Å². The molecule has 0 bridgehead atoms. The molecule has 0 aromatic heterocycles. The number of aryl methyl sites for hydroxylation is 3. The zero-order valence-electron chi connectivity index (χ0n) is 16.9. The lowest BCUT2D eigenvalue weighted by Gasteiger charge is -2.31. The number of carbonyl (C=O) groups is 2. The van der Waals surface area contributed by atoms with Crippen molar-refractivity contribution in [2.75, 3.05) is 18.4 Å². The van der Waals surface area contributed by atoms with Crippen molar-refractivity contribution in [3.05, 3.63) is 64.2 Å². The number of nitrogens with zero attached hydrogens (tertiary/aromatic N) is 1. The zero-order chi connectivity index (χ0) is 20.3. The fourth-order valence-electron chi connectivity index (χ4n) is 4.06. The van der Waals surface area contributed by atoms with Crippen LogP contribution < -0.4 is 11.1 Å². The van der Waals surface area contributed by atoms with E-state index in [2.05, 4.69) is 29.3 Å². The predicted molar refractivity (Wildman–Crippen MR) is 112 cm³/mol. The fourth-order valence-corrected chi connectivity index (χ4v) is 4.06. The Bertz CT molecular complexity index is 868. The summed E-state index contributed by atoms with van der Waals surface area (Å²) in [5, 5.41) is 3.06. The summed E-state index contributed by atoms with van der Waals surface area (Å²) < 4.78 is 0. The lowest BCUT2D eigenvalue weighted by Crippen LogP contribution is -2.40. The van der Waals surface area contributed by atoms with E-state index < -0.39 is 0 Å². The van der Waals surface area contributed by atoms with E-state index >= 15 is 0 Å². The van der Waals surface area contributed by atoms with Crippen LogP contribution in [-0.4, -0.2) is 29.8 Å². The van der Waals surface area contributed by atoms with Crippen LogP contribution in [0.25, 0.3) is 0 Å². The number of nitrogens with two attached hydrogens (primary N) is 1. The topological polar surface area (TPSA) is 75.4 Å². The molecule has 3 rings (SSSR count). The van der Waals surface area contributed by atoms with Crippen LogP contribution >= 0.6 is 0 Å². The molecule has 1 aliphatic rings. The largest absolute Gasteiger partial charge is 0.369 e. The van der Waals surface area contributed by atoms with E-state index in [0.29, 0.717) is 18.7 Å². The Morgan fingerprint density at radius 2 is 1.86 bits per heavy atom. The lowest BCUT2D eigenvalue weighted by molar-refractivity contribution is -0.123. The molecule has 0 spiro atoms. The van der Waals surface area contributed by atoms with Crippen molar-refractivity contribution in [2.45, 2.75) is 40.2 Å². The molecular weight excluding hydrogens is 350 g/mol. The molecule has 0 saturated carbocycles. The van der Waals surface area contributed by atoms with Crippen molar-refractivity contribution in [3.63, 3.8) is 0 Å². The van der Waals surface area contributed by atoms with E-state index in [-0.39, 0.29) is 17.7 Å². The number of hydrogen-bond donors (Lipinski definition) is 2. The first-order valence-corrected chi connectivity index (χ1v) is 9.83. The summed E-state index contributed by atoms with van der Waals surface area (Å²) in [6.45, 7) is 8.43. The van der Waals surface area contributed by atoms with E-state index in [1.54, 1.807) is 0 Å². The number of rotatable bonds is 5. The molecule has 2 aromatic rings. The monoisotopic (exact) mass is 379 g/mol. The molecule has 3 N–H and O–H groups in total. The van der Waals surface area contributed by atoms with E-state index in [1.165, 1.54) is 5.56 Å². The Morgan fingerprint density at radius 3 is 2.54 bits per heavy atom. The second kappa shape index (κ2) is 8.57. The van der Waals surface area contributed by atoms with Crippen LogP contribution in [0.1, 0.15) is 45.5 Å². The second-order valence-corrected chi connectivity index (χ2v) is 7.90. The molecule has 5 heteroatoms. The molecule has 1 atom stereocenters. The summed E-state index contributed by atoms with van der Waals surface area (Å²) in [7, 11) is 0. The zero-order valence-corrected chi connectivity index (χ0v) is 16.9. The molecule has 1 heterocycles. The van der Waals surface area contributed by atoms with Gasteiger partial charge in [0.1, 0.15) is 0 Å². The molecule has 0 aliphatic carbocycles. The molecule has 1 fully saturated rings. The highest BCUT2D eigenvalue weighted by atomic mass is 16.2. The van der Waals surface area contributed by atoms with Gasteiger partial charge in [-0.25, -0.2) is 0 Å². The first-order chi connectivity index (χ1) is 13.3. The molecule has 1 aliphatic heterocycles. The Hall–Kier alpha value is -2.66. The molecule has 5 nitrogen and oxygen atoms in total. The van der Waals surface area contributed by atoms with E-state index in [1.807, 2.05) is 38.1 Å². The summed E-state index contributed by atoms with van der Waals surface area (Å²) in [6, 6.07) is 11.8. The summed E-state index contributed by atoms with van der Waals surface area (Å²) in [4.78, 5) is 26.5. The number of likely N-dealkylation sites (tertiary alicyclic amines) is 1. The van der Waals surface area contributed by atoms with E-state index in [9.17, 15) is 9.59 Å². The summed E-state index contributed by atoms with van der Waals surface area (Å²) in [6.07, 6.45) is 1.84. The molecule has 0 radical (unpaired) electrons. The van der Waals surface area contributed by atoms with Gasteiger partial charge in [0.2, 0.25) is 5.91 Å². The van der Waals surface area contributed by atoms with Crippen molar-refractivity contribution < 1.29 is 9.59 Å². The van der Waals surface area contributed by atoms with Crippen LogP contribution in [0, 0.1) is 26.7 Å². The van der Waals surface area contributed by atoms with Gasteiger partial charge in [-0.1, -0.05) is 29.8 Å². The van der Waals surface area contributed by atoms with Gasteiger partial charge < -0.3 is 11.1 Å². The lowest BCUT2D eigenvalue weighted by atomic mass is 9.97. The Labute approximate surface area is 166 Å². The van der Waals surface area contributed by atoms with Crippen molar-refractivity contribution in [1.82, 2.24) is 4.90 Å².